The van der Waals surface area contributed by atoms with E-state index >= 15 is 0 Å². The Labute approximate surface area is 181 Å². The Morgan fingerprint density at radius 1 is 1.26 bits per heavy atom. The highest BCUT2D eigenvalue weighted by molar-refractivity contribution is 6.01. The number of ketones is 1. The Bertz CT molecular complexity index is 1390. The number of benzene rings is 1. The van der Waals surface area contributed by atoms with Crippen molar-refractivity contribution >= 4 is 28.6 Å². The monoisotopic (exact) mass is 408 g/mol. The second-order valence-electron chi connectivity index (χ2n) is 9.06. The van der Waals surface area contributed by atoms with Gasteiger partial charge < -0.3 is 9.13 Å². The molecule has 2 atom stereocenters. The van der Waals surface area contributed by atoms with Gasteiger partial charge in [0, 0.05) is 71.1 Å². The summed E-state index contributed by atoms with van der Waals surface area (Å²) < 4.78 is 4.20. The number of nitrogens with zero attached hydrogens (tertiary/aromatic N) is 4. The Kier molecular flexibility index (Phi) is 3.70. The van der Waals surface area contributed by atoms with Gasteiger partial charge in [0.2, 0.25) is 5.78 Å². The standard InChI is InChI=1S/C26H24N4O/c1-16-19-14-27-15-20(19)21-9-8-18(24(31)25-28-10-11-29(25)3)13-26(21,2)23-12-17-6-4-5-7-22(17)30(16)23/h4-7,9-12,14-15,18H,8,13H2,1-3H3. The van der Waals surface area contributed by atoms with Crippen LogP contribution < -0.4 is 0 Å². The summed E-state index contributed by atoms with van der Waals surface area (Å²) in [6, 6.07) is 10.8. The minimum atomic E-state index is -0.300. The van der Waals surface area contributed by atoms with Crippen molar-refractivity contribution in [1.82, 2.24) is 14.1 Å². The van der Waals surface area contributed by atoms with Crippen LogP contribution in [0.3, 0.4) is 0 Å². The van der Waals surface area contributed by atoms with Gasteiger partial charge in [-0.2, -0.15) is 0 Å². The van der Waals surface area contributed by atoms with Gasteiger partial charge in [-0.05, 0) is 44.4 Å². The summed E-state index contributed by atoms with van der Waals surface area (Å²) in [5.74, 6) is 0.557. The Morgan fingerprint density at radius 2 is 2.10 bits per heavy atom. The van der Waals surface area contributed by atoms with Crippen molar-refractivity contribution in [2.24, 2.45) is 18.0 Å². The Balaban J connectivity index is 1.58. The number of allylic oxidation sites excluding steroid dienone is 5. The average Bonchev–Trinajstić information content (AvgIpc) is 3.49. The van der Waals surface area contributed by atoms with Gasteiger partial charge in [-0.25, -0.2) is 4.98 Å². The molecule has 2 aromatic heterocycles. The fraction of sp³-hybridized carbons (Fsp3) is 0.269. The third-order valence-electron chi connectivity index (χ3n) is 7.26. The number of imidazole rings is 1. The molecule has 2 aliphatic heterocycles. The zero-order valence-corrected chi connectivity index (χ0v) is 18.0. The molecule has 3 aromatic rings. The lowest BCUT2D eigenvalue weighted by Gasteiger charge is -2.39. The van der Waals surface area contributed by atoms with E-state index in [1.165, 1.54) is 39.0 Å². The van der Waals surface area contributed by atoms with Crippen molar-refractivity contribution in [1.29, 1.82) is 0 Å². The normalized spacial score (nSPS) is 24.4. The molecule has 2 unspecified atom stereocenters. The number of carbonyl (C=O) groups excluding carboxylic acids is 1. The molecule has 0 bridgehead atoms. The molecule has 0 saturated heterocycles. The Hall–Kier alpha value is -3.47. The number of aliphatic imine (C=N–C) groups is 1. The van der Waals surface area contributed by atoms with Gasteiger partial charge in [-0.1, -0.05) is 24.3 Å². The molecule has 1 aromatic carbocycles. The van der Waals surface area contributed by atoms with E-state index in [9.17, 15) is 4.79 Å². The molecule has 1 aliphatic carbocycles. The number of rotatable bonds is 2. The summed E-state index contributed by atoms with van der Waals surface area (Å²) in [7, 11) is 1.88. The van der Waals surface area contributed by atoms with Gasteiger partial charge in [0.05, 0.1) is 5.52 Å². The molecular weight excluding hydrogens is 384 g/mol. The summed E-state index contributed by atoms with van der Waals surface area (Å²) in [6.45, 7) is 4.46. The number of fused-ring (bicyclic) bond motifs is 7. The topological polar surface area (TPSA) is 52.2 Å². The first-order valence-electron chi connectivity index (χ1n) is 10.8. The van der Waals surface area contributed by atoms with Crippen molar-refractivity contribution in [2.45, 2.75) is 32.1 Å². The van der Waals surface area contributed by atoms with Crippen LogP contribution in [0.25, 0.3) is 16.6 Å². The van der Waals surface area contributed by atoms with Crippen LogP contribution in [0.15, 0.2) is 76.7 Å². The third kappa shape index (κ3) is 2.40. The van der Waals surface area contributed by atoms with E-state index in [-0.39, 0.29) is 17.1 Å². The maximum absolute atomic E-state index is 13.4. The first-order chi connectivity index (χ1) is 15.0. The number of carbonyl (C=O) groups is 1. The summed E-state index contributed by atoms with van der Waals surface area (Å²) in [6.07, 6.45) is 11.2. The molecule has 31 heavy (non-hydrogen) atoms. The lowest BCUT2D eigenvalue weighted by atomic mass is 9.65. The highest BCUT2D eigenvalue weighted by Gasteiger charge is 2.45. The number of hydrogen-bond donors (Lipinski definition) is 0. The highest BCUT2D eigenvalue weighted by Crippen LogP contribution is 2.52. The zero-order valence-electron chi connectivity index (χ0n) is 18.0. The van der Waals surface area contributed by atoms with E-state index in [4.69, 9.17) is 0 Å². The molecule has 0 N–H and O–H groups in total. The predicted octanol–water partition coefficient (Wildman–Crippen LogP) is 5.06. The van der Waals surface area contributed by atoms with Crippen LogP contribution in [0.4, 0.5) is 0 Å². The van der Waals surface area contributed by atoms with Crippen LogP contribution in [0, 0.1) is 5.92 Å². The molecule has 0 saturated carbocycles. The maximum Gasteiger partial charge on any atom is 0.201 e. The summed E-state index contributed by atoms with van der Waals surface area (Å²) in [4.78, 5) is 22.2. The smallest absolute Gasteiger partial charge is 0.201 e. The van der Waals surface area contributed by atoms with E-state index in [1.807, 2.05) is 30.2 Å². The second-order valence-corrected chi connectivity index (χ2v) is 9.06. The van der Waals surface area contributed by atoms with Crippen molar-refractivity contribution in [3.63, 3.8) is 0 Å². The number of hydrogen-bond acceptors (Lipinski definition) is 3. The van der Waals surface area contributed by atoms with E-state index < -0.39 is 0 Å². The van der Waals surface area contributed by atoms with Gasteiger partial charge in [-0.15, -0.1) is 0 Å². The average molecular weight is 409 g/mol. The molecule has 4 heterocycles. The van der Waals surface area contributed by atoms with E-state index in [2.05, 4.69) is 64.8 Å². The molecule has 0 spiro atoms. The van der Waals surface area contributed by atoms with Gasteiger partial charge in [0.25, 0.3) is 0 Å². The SMILES string of the molecule is CC1=C2C=NC=C2C2=CCC(C(=O)c3nccn3C)CC2(C)c2cc3ccccc3n21. The van der Waals surface area contributed by atoms with E-state index in [1.54, 1.807) is 6.20 Å². The quantitative estimate of drug-likeness (QED) is 0.556. The van der Waals surface area contributed by atoms with Crippen LogP contribution in [0.1, 0.15) is 43.0 Å². The highest BCUT2D eigenvalue weighted by atomic mass is 16.1. The molecule has 5 heteroatoms. The van der Waals surface area contributed by atoms with Crippen LogP contribution in [-0.4, -0.2) is 26.1 Å². The lowest BCUT2D eigenvalue weighted by molar-refractivity contribution is 0.0880. The van der Waals surface area contributed by atoms with Crippen LogP contribution in [-0.2, 0) is 12.5 Å². The number of Topliss-reactive ketones (excluding diaryl/α,β-unsaturated/α-hetero) is 1. The fourth-order valence-electron chi connectivity index (χ4n) is 5.68. The second kappa shape index (κ2) is 6.27. The molecule has 3 aliphatic rings. The van der Waals surface area contributed by atoms with Crippen molar-refractivity contribution < 1.29 is 4.79 Å². The predicted molar refractivity (Wildman–Crippen MR) is 123 cm³/mol. The fourth-order valence-corrected chi connectivity index (χ4v) is 5.68. The van der Waals surface area contributed by atoms with Crippen LogP contribution in [0.5, 0.6) is 0 Å². The van der Waals surface area contributed by atoms with Gasteiger partial charge >= 0.3 is 0 Å². The van der Waals surface area contributed by atoms with Gasteiger partial charge in [-0.3, -0.25) is 9.79 Å². The van der Waals surface area contributed by atoms with Gasteiger partial charge in [0.15, 0.2) is 5.82 Å². The van der Waals surface area contributed by atoms with Crippen molar-refractivity contribution in [2.75, 3.05) is 0 Å². The molecule has 0 fully saturated rings. The van der Waals surface area contributed by atoms with Crippen molar-refractivity contribution in [3.05, 3.63) is 83.2 Å². The van der Waals surface area contributed by atoms with Crippen LogP contribution in [0.2, 0.25) is 0 Å². The van der Waals surface area contributed by atoms with Crippen molar-refractivity contribution in [3.8, 4) is 0 Å². The molecule has 5 nitrogen and oxygen atoms in total. The number of para-hydroxylation sites is 1. The molecule has 6 rings (SSSR count). The molecule has 154 valence electrons. The first-order valence-corrected chi connectivity index (χ1v) is 10.8. The summed E-state index contributed by atoms with van der Waals surface area (Å²) >= 11 is 0. The molecular formula is C26H24N4O. The number of aryl methyl sites for hydroxylation is 1. The summed E-state index contributed by atoms with van der Waals surface area (Å²) in [5, 5.41) is 1.22. The van der Waals surface area contributed by atoms with Crippen LogP contribution >= 0.6 is 0 Å². The minimum absolute atomic E-state index is 0.105. The van der Waals surface area contributed by atoms with E-state index in [0.717, 1.165) is 12.8 Å². The summed E-state index contributed by atoms with van der Waals surface area (Å²) in [5.41, 5.74) is 6.97. The molecule has 0 amide bonds. The number of aromatic nitrogens is 3. The third-order valence-corrected chi connectivity index (χ3v) is 7.26. The lowest BCUT2D eigenvalue weighted by Crippen LogP contribution is -2.36. The largest absolute Gasteiger partial charge is 0.332 e. The Morgan fingerprint density at radius 3 is 2.90 bits per heavy atom. The first kappa shape index (κ1) is 18.3. The van der Waals surface area contributed by atoms with Gasteiger partial charge in [0.1, 0.15) is 0 Å². The van der Waals surface area contributed by atoms with E-state index in [0.29, 0.717) is 5.82 Å². The minimum Gasteiger partial charge on any atom is -0.332 e. The molecule has 0 radical (unpaired) electrons. The maximum atomic E-state index is 13.4. The zero-order chi connectivity index (χ0) is 21.3.